The van der Waals surface area contributed by atoms with E-state index in [1.165, 1.54) is 26.2 Å². The van der Waals surface area contributed by atoms with E-state index >= 15 is 0 Å². The summed E-state index contributed by atoms with van der Waals surface area (Å²) in [5.74, 6) is 1.76. The lowest BCUT2D eigenvalue weighted by molar-refractivity contribution is -0.908. The summed E-state index contributed by atoms with van der Waals surface area (Å²) in [5, 5.41) is 0. The third-order valence-electron chi connectivity index (χ3n) is 14.5. The zero-order valence-corrected chi connectivity index (χ0v) is 30.1. The van der Waals surface area contributed by atoms with E-state index in [1.807, 2.05) is 6.08 Å². The minimum absolute atomic E-state index is 0.0325. The van der Waals surface area contributed by atoms with Gasteiger partial charge < -0.3 is 18.7 Å². The molecule has 6 rings (SSSR count). The number of quaternary nitrogens is 1. The Morgan fingerprint density at radius 3 is 1.98 bits per heavy atom. The van der Waals surface area contributed by atoms with Gasteiger partial charge in [0.05, 0.1) is 26.7 Å². The van der Waals surface area contributed by atoms with Crippen molar-refractivity contribution in [3.8, 4) is 0 Å². The molecule has 9 heteroatoms. The van der Waals surface area contributed by atoms with E-state index < -0.39 is 5.66 Å². The highest BCUT2D eigenvalue weighted by molar-refractivity contribution is 5.67. The van der Waals surface area contributed by atoms with Crippen molar-refractivity contribution in [1.82, 2.24) is 9.80 Å². The smallest absolute Gasteiger partial charge is 0.303 e. The van der Waals surface area contributed by atoms with Crippen LogP contribution in [-0.2, 0) is 28.6 Å². The molecule has 2 heterocycles. The Hall–Kier alpha value is -1.97. The molecule has 2 saturated heterocycles. The molecule has 0 bridgehead atoms. The van der Waals surface area contributed by atoms with Gasteiger partial charge >= 0.3 is 17.9 Å². The fourth-order valence-electron chi connectivity index (χ4n) is 12.3. The van der Waals surface area contributed by atoms with Crippen LogP contribution in [0.2, 0.25) is 0 Å². The highest BCUT2D eigenvalue weighted by atomic mass is 16.6. The fraction of sp³-hybridized carbons (Fsp3) is 0.868. The average Bonchev–Trinajstić information content (AvgIpc) is 3.32. The lowest BCUT2D eigenvalue weighted by Gasteiger charge is -2.68. The largest absolute Gasteiger partial charge is 0.462 e. The van der Waals surface area contributed by atoms with E-state index in [9.17, 15) is 14.4 Å². The van der Waals surface area contributed by atoms with Crippen LogP contribution in [0.1, 0.15) is 98.8 Å². The molecular weight excluding hydrogens is 594 g/mol. The second-order valence-electron chi connectivity index (χ2n) is 17.1. The lowest BCUT2D eigenvalue weighted by atomic mass is 9.43. The number of hydrogen-bond acceptors (Lipinski definition) is 8. The first kappa shape index (κ1) is 34.9. The number of hydrogen-bond donors (Lipinski definition) is 0. The van der Waals surface area contributed by atoms with Gasteiger partial charge in [0.1, 0.15) is 24.0 Å². The Bertz CT molecular complexity index is 1210. The molecule has 9 atom stereocenters. The summed E-state index contributed by atoms with van der Waals surface area (Å²) in [6.45, 7) is 20.3. The molecule has 4 saturated carbocycles. The zero-order chi connectivity index (χ0) is 33.8. The van der Waals surface area contributed by atoms with Crippen LogP contribution in [0.25, 0.3) is 0 Å². The van der Waals surface area contributed by atoms with Gasteiger partial charge in [0.15, 0.2) is 0 Å². The van der Waals surface area contributed by atoms with Gasteiger partial charge in [-0.05, 0) is 99.4 Å². The Morgan fingerprint density at radius 2 is 1.36 bits per heavy atom. The summed E-state index contributed by atoms with van der Waals surface area (Å²) in [4.78, 5) is 42.2. The van der Waals surface area contributed by atoms with Crippen LogP contribution in [0.4, 0.5) is 0 Å². The van der Waals surface area contributed by atoms with Gasteiger partial charge in [-0.25, -0.2) is 0 Å². The number of ether oxygens (including phenoxy) is 3. The molecule has 4 unspecified atom stereocenters. The van der Waals surface area contributed by atoms with Gasteiger partial charge in [-0.2, -0.15) is 0 Å². The van der Waals surface area contributed by atoms with E-state index in [1.54, 1.807) is 13.8 Å². The predicted octanol–water partition coefficient (Wildman–Crippen LogP) is 5.17. The SMILES string of the molecule is C=CC[N+]1(C)CCN(C2(N3CCC(OC(C)=O)CC3)C[C@@]3(C)C(CC[C@@H]4[C@H]3CC[C@]3(C)C(OC(C)=O)CC[C@@H]43)CC2OC(C)=O)CC1. The summed E-state index contributed by atoms with van der Waals surface area (Å²) < 4.78 is 19.1. The van der Waals surface area contributed by atoms with Gasteiger partial charge in [-0.1, -0.05) is 20.4 Å². The van der Waals surface area contributed by atoms with Crippen LogP contribution in [0.15, 0.2) is 12.7 Å². The molecule has 0 aromatic heterocycles. The van der Waals surface area contributed by atoms with Crippen molar-refractivity contribution in [3.05, 3.63) is 12.7 Å². The third kappa shape index (κ3) is 6.20. The maximum atomic E-state index is 12.9. The van der Waals surface area contributed by atoms with Crippen LogP contribution >= 0.6 is 0 Å². The molecule has 0 aromatic carbocycles. The standard InChI is InChI=1S/C38H62N3O6/c1-8-21-41(7)22-19-40(20-23-41)38(39-17-14-30(15-18-39)45-26(2)42)25-37(6)29(24-35(38)47-28(4)44)9-10-31-32-11-12-34(46-27(3)43)36(32,5)16-13-33(31)37/h8,29-35H,1,9-25H2,2-7H3/q+1/t29?,31-,32-,33+,34?,35?,36-,37-,38?/m0/s1. The van der Waals surface area contributed by atoms with Gasteiger partial charge in [-0.3, -0.25) is 24.2 Å². The van der Waals surface area contributed by atoms with Gasteiger partial charge in [0.2, 0.25) is 0 Å². The number of nitrogens with zero attached hydrogens (tertiary/aromatic N) is 3. The van der Waals surface area contributed by atoms with Crippen LogP contribution in [0.5, 0.6) is 0 Å². The monoisotopic (exact) mass is 656 g/mol. The van der Waals surface area contributed by atoms with E-state index in [0.29, 0.717) is 23.7 Å². The first-order chi connectivity index (χ1) is 22.2. The number of piperazine rings is 1. The number of fused-ring (bicyclic) bond motifs is 5. The lowest BCUT2D eigenvalue weighted by Crippen LogP contribution is -2.77. The molecule has 0 spiro atoms. The second-order valence-corrected chi connectivity index (χ2v) is 17.1. The van der Waals surface area contributed by atoms with E-state index in [-0.39, 0.29) is 47.0 Å². The number of rotatable bonds is 7. The molecule has 2 aliphatic heterocycles. The van der Waals surface area contributed by atoms with Crippen molar-refractivity contribution >= 4 is 17.9 Å². The maximum Gasteiger partial charge on any atom is 0.303 e. The van der Waals surface area contributed by atoms with Crippen LogP contribution in [-0.4, -0.2) is 109 Å². The minimum atomic E-state index is -0.407. The number of likely N-dealkylation sites (tertiary alicyclic amines) is 1. The van der Waals surface area contributed by atoms with Crippen molar-refractivity contribution in [3.63, 3.8) is 0 Å². The highest BCUT2D eigenvalue weighted by Gasteiger charge is 2.67. The molecule has 0 amide bonds. The first-order valence-corrected chi connectivity index (χ1v) is 18.7. The van der Waals surface area contributed by atoms with Crippen molar-refractivity contribution < 1.29 is 33.1 Å². The van der Waals surface area contributed by atoms with Crippen molar-refractivity contribution in [2.24, 2.45) is 34.5 Å². The molecule has 4 aliphatic carbocycles. The summed E-state index contributed by atoms with van der Waals surface area (Å²) in [5.41, 5.74) is -0.249. The molecule has 6 fully saturated rings. The summed E-state index contributed by atoms with van der Waals surface area (Å²) in [7, 11) is 2.34. The first-order valence-electron chi connectivity index (χ1n) is 18.7. The average molecular weight is 657 g/mol. The number of likely N-dealkylation sites (N-methyl/N-ethyl adjacent to an activating group) is 1. The third-order valence-corrected chi connectivity index (χ3v) is 14.5. The van der Waals surface area contributed by atoms with Crippen LogP contribution in [0.3, 0.4) is 0 Å². The number of carbonyl (C=O) groups is 3. The maximum absolute atomic E-state index is 12.9. The summed E-state index contributed by atoms with van der Waals surface area (Å²) in [6.07, 6.45) is 12.1. The van der Waals surface area contributed by atoms with Gasteiger partial charge in [-0.15, -0.1) is 0 Å². The molecular formula is C38H62N3O6+. The van der Waals surface area contributed by atoms with Gasteiger partial charge in [0.25, 0.3) is 0 Å². The molecule has 47 heavy (non-hydrogen) atoms. The Balaban J connectivity index is 1.36. The Labute approximate surface area is 283 Å². The van der Waals surface area contributed by atoms with E-state index in [2.05, 4.69) is 37.3 Å². The Morgan fingerprint density at radius 1 is 0.766 bits per heavy atom. The van der Waals surface area contributed by atoms with E-state index in [4.69, 9.17) is 14.2 Å². The predicted molar refractivity (Wildman–Crippen MR) is 180 cm³/mol. The van der Waals surface area contributed by atoms with Crippen LogP contribution in [0, 0.1) is 34.5 Å². The number of esters is 3. The summed E-state index contributed by atoms with van der Waals surface area (Å²) >= 11 is 0. The summed E-state index contributed by atoms with van der Waals surface area (Å²) in [6, 6.07) is 0. The second kappa shape index (κ2) is 13.1. The normalized spacial score (nSPS) is 42.3. The number of piperidine rings is 1. The van der Waals surface area contributed by atoms with Gasteiger partial charge in [0, 0.05) is 52.4 Å². The Kier molecular flexibility index (Phi) is 9.69. The highest BCUT2D eigenvalue weighted by Crippen LogP contribution is 2.68. The van der Waals surface area contributed by atoms with Crippen molar-refractivity contribution in [2.75, 3.05) is 52.9 Å². The van der Waals surface area contributed by atoms with Crippen LogP contribution < -0.4 is 0 Å². The molecule has 9 nitrogen and oxygen atoms in total. The quantitative estimate of drug-likeness (QED) is 0.161. The molecule has 0 N–H and O–H groups in total. The number of carbonyl (C=O) groups excluding carboxylic acids is 3. The van der Waals surface area contributed by atoms with Crippen molar-refractivity contribution in [1.29, 1.82) is 0 Å². The van der Waals surface area contributed by atoms with Crippen molar-refractivity contribution in [2.45, 2.75) is 123 Å². The molecule has 0 aromatic rings. The fourth-order valence-corrected chi connectivity index (χ4v) is 12.3. The molecule has 264 valence electrons. The van der Waals surface area contributed by atoms with E-state index in [0.717, 1.165) is 95.2 Å². The molecule has 0 radical (unpaired) electrons. The topological polar surface area (TPSA) is 85.4 Å². The zero-order valence-electron chi connectivity index (χ0n) is 30.1. The molecule has 6 aliphatic rings. The minimum Gasteiger partial charge on any atom is -0.462 e.